The van der Waals surface area contributed by atoms with E-state index in [4.69, 9.17) is 0 Å². The minimum atomic E-state index is -0.572. The number of nitrogens with zero attached hydrogens (tertiary/aromatic N) is 1. The quantitative estimate of drug-likeness (QED) is 0.0842. The first-order chi connectivity index (χ1) is 26.9. The number of aromatic nitrogens is 1. The molecule has 1 aromatic heterocycles. The molecule has 0 saturated carbocycles. The van der Waals surface area contributed by atoms with Gasteiger partial charge in [-0.3, -0.25) is 14.4 Å². The molecule has 1 heterocycles. The molecule has 3 N–H and O–H groups in total. The maximum absolute atomic E-state index is 13.8. The van der Waals surface area contributed by atoms with Gasteiger partial charge in [-0.2, -0.15) is 0 Å². The molecule has 6 aromatic carbocycles. The van der Waals surface area contributed by atoms with Crippen LogP contribution in [0, 0.1) is 0 Å². The Morgan fingerprint density at radius 2 is 1.25 bits per heavy atom. The topological polar surface area (TPSA) is 100 Å². The van der Waals surface area contributed by atoms with Crippen molar-refractivity contribution in [1.82, 2.24) is 10.3 Å². The lowest BCUT2D eigenvalue weighted by Gasteiger charge is -2.17. The Hall–Kier alpha value is -6.07. The van der Waals surface area contributed by atoms with Gasteiger partial charge in [-0.25, -0.2) is 4.98 Å². The van der Waals surface area contributed by atoms with Crippen LogP contribution in [0.2, 0.25) is 0 Å². The summed E-state index contributed by atoms with van der Waals surface area (Å²) in [5.41, 5.74) is 6.49. The van der Waals surface area contributed by atoms with Gasteiger partial charge in [-0.1, -0.05) is 131 Å². The Morgan fingerprint density at radius 3 is 1.93 bits per heavy atom. The van der Waals surface area contributed by atoms with Crippen LogP contribution in [0.15, 0.2) is 184 Å². The summed E-state index contributed by atoms with van der Waals surface area (Å²) in [7, 11) is 0. The molecule has 10 heteroatoms. The van der Waals surface area contributed by atoms with E-state index in [1.165, 1.54) is 23.1 Å². The first-order valence-corrected chi connectivity index (χ1v) is 19.8. The highest BCUT2D eigenvalue weighted by molar-refractivity contribution is 9.10. The van der Waals surface area contributed by atoms with Crippen LogP contribution in [0.4, 0.5) is 10.8 Å². The largest absolute Gasteiger partial charge is 0.321 e. The van der Waals surface area contributed by atoms with E-state index >= 15 is 0 Å². The molecule has 55 heavy (non-hydrogen) atoms. The lowest BCUT2D eigenvalue weighted by Crippen LogP contribution is -2.30. The molecule has 0 spiro atoms. The van der Waals surface area contributed by atoms with Gasteiger partial charge in [-0.05, 0) is 76.9 Å². The van der Waals surface area contributed by atoms with E-state index < -0.39 is 17.1 Å². The predicted octanol–water partition coefficient (Wildman–Crippen LogP) is 11.1. The van der Waals surface area contributed by atoms with Gasteiger partial charge in [-0.15, -0.1) is 23.1 Å². The van der Waals surface area contributed by atoms with Crippen molar-refractivity contribution in [2.75, 3.05) is 10.6 Å². The molecule has 0 fully saturated rings. The van der Waals surface area contributed by atoms with Crippen LogP contribution in [0.25, 0.3) is 28.5 Å². The first kappa shape index (κ1) is 37.3. The number of nitrogens with one attached hydrogen (secondary N) is 3. The van der Waals surface area contributed by atoms with Crippen LogP contribution in [-0.4, -0.2) is 22.7 Å². The van der Waals surface area contributed by atoms with Crippen molar-refractivity contribution in [2.24, 2.45) is 0 Å². The molecule has 0 bridgehead atoms. The Labute approximate surface area is 335 Å². The van der Waals surface area contributed by atoms with Gasteiger partial charge in [0.05, 0.1) is 5.69 Å². The number of thioether (sulfide) groups is 1. The van der Waals surface area contributed by atoms with E-state index in [1.54, 1.807) is 42.5 Å². The van der Waals surface area contributed by atoms with Crippen molar-refractivity contribution >= 4 is 73.6 Å². The fourth-order valence-corrected chi connectivity index (χ4v) is 7.63. The second kappa shape index (κ2) is 17.8. The predicted molar refractivity (Wildman–Crippen MR) is 228 cm³/mol. The number of hydrogen-bond acceptors (Lipinski definition) is 6. The van der Waals surface area contributed by atoms with Crippen LogP contribution >= 0.6 is 39.0 Å². The van der Waals surface area contributed by atoms with Crippen molar-refractivity contribution in [3.8, 4) is 22.4 Å². The van der Waals surface area contributed by atoms with E-state index in [-0.39, 0.29) is 11.6 Å². The lowest BCUT2D eigenvalue weighted by atomic mass is 10.0. The average Bonchev–Trinajstić information content (AvgIpc) is 3.70. The summed E-state index contributed by atoms with van der Waals surface area (Å²) in [5, 5.41) is 10.6. The molecular weight excluding hydrogens is 789 g/mol. The van der Waals surface area contributed by atoms with Gasteiger partial charge < -0.3 is 16.0 Å². The number of carbonyl (C=O) groups is 3. The van der Waals surface area contributed by atoms with E-state index in [0.717, 1.165) is 42.9 Å². The van der Waals surface area contributed by atoms with Crippen molar-refractivity contribution in [2.45, 2.75) is 10.1 Å². The zero-order valence-electron chi connectivity index (χ0n) is 29.2. The van der Waals surface area contributed by atoms with Crippen molar-refractivity contribution < 1.29 is 14.4 Å². The van der Waals surface area contributed by atoms with Crippen LogP contribution in [0.3, 0.4) is 0 Å². The van der Waals surface area contributed by atoms with E-state index in [2.05, 4.69) is 36.9 Å². The Kier molecular flexibility index (Phi) is 12.1. The van der Waals surface area contributed by atoms with Crippen LogP contribution < -0.4 is 16.0 Å². The molecule has 1 unspecified atom stereocenters. The molecule has 0 aliphatic carbocycles. The average molecular weight is 822 g/mol. The van der Waals surface area contributed by atoms with E-state index in [1.807, 2.05) is 133 Å². The van der Waals surface area contributed by atoms with Crippen LogP contribution in [0.1, 0.15) is 26.7 Å². The molecule has 0 radical (unpaired) electrons. The second-order valence-corrected chi connectivity index (χ2v) is 15.2. The molecule has 1 atom stereocenters. The number of halogens is 1. The SMILES string of the molecule is O=C(Nc1ccc(SC(C(=O)Nc2nc(-c3ccc(Br)cc3)cs2)c2ccccc2)cc1)/C(=C/c1ccc(-c2ccccc2)cc1)NC(=O)c1ccccc1. The number of benzene rings is 6. The van der Waals surface area contributed by atoms with E-state index in [0.29, 0.717) is 16.4 Å². The maximum atomic E-state index is 13.8. The standard InChI is InChI=1S/C45H33BrN4O3S2/c46-36-22-20-33(21-23-36)40-29-54-45(49-40)50-44(53)41(34-12-6-2-7-13-34)55-38-26-24-37(25-27-38)47-43(52)39(48-42(51)35-14-8-3-9-15-35)28-30-16-18-32(19-17-30)31-10-4-1-5-11-31/h1-29,41H,(H,47,52)(H,48,51)(H,49,50,53)/b39-28-. The zero-order valence-corrected chi connectivity index (χ0v) is 32.4. The summed E-state index contributed by atoms with van der Waals surface area (Å²) in [6.07, 6.45) is 1.66. The fraction of sp³-hybridized carbons (Fsp3) is 0.0222. The van der Waals surface area contributed by atoms with Crippen LogP contribution in [-0.2, 0) is 9.59 Å². The molecule has 0 aliphatic rings. The van der Waals surface area contributed by atoms with Gasteiger partial charge in [0.1, 0.15) is 10.9 Å². The number of carbonyl (C=O) groups excluding carboxylic acids is 3. The van der Waals surface area contributed by atoms with Gasteiger partial charge >= 0.3 is 0 Å². The third-order valence-electron chi connectivity index (χ3n) is 8.44. The molecule has 0 aliphatic heterocycles. The van der Waals surface area contributed by atoms with Gasteiger partial charge in [0.15, 0.2) is 5.13 Å². The Bertz CT molecular complexity index is 2420. The number of rotatable bonds is 12. The van der Waals surface area contributed by atoms with Crippen molar-refractivity contribution in [1.29, 1.82) is 0 Å². The Morgan fingerprint density at radius 1 is 0.655 bits per heavy atom. The Balaban J connectivity index is 1.07. The summed E-state index contributed by atoms with van der Waals surface area (Å²) in [5.74, 6) is -1.09. The third-order valence-corrected chi connectivity index (χ3v) is 11.0. The summed E-state index contributed by atoms with van der Waals surface area (Å²) in [6, 6.07) is 51.2. The number of hydrogen-bond donors (Lipinski definition) is 3. The highest BCUT2D eigenvalue weighted by Crippen LogP contribution is 2.37. The summed E-state index contributed by atoms with van der Waals surface area (Å²) >= 11 is 6.23. The second-order valence-electron chi connectivity index (χ2n) is 12.3. The normalized spacial score (nSPS) is 11.7. The van der Waals surface area contributed by atoms with Crippen molar-refractivity contribution in [3.05, 3.63) is 196 Å². The monoisotopic (exact) mass is 820 g/mol. The minimum absolute atomic E-state index is 0.0889. The number of thiazole rings is 1. The molecule has 3 amide bonds. The highest BCUT2D eigenvalue weighted by Gasteiger charge is 2.24. The zero-order chi connectivity index (χ0) is 38.0. The van der Waals surface area contributed by atoms with Crippen LogP contribution in [0.5, 0.6) is 0 Å². The summed E-state index contributed by atoms with van der Waals surface area (Å²) in [6.45, 7) is 0. The molecule has 0 saturated heterocycles. The molecule has 7 aromatic rings. The first-order valence-electron chi connectivity index (χ1n) is 17.3. The van der Waals surface area contributed by atoms with Gasteiger partial charge in [0, 0.05) is 31.6 Å². The molecule has 7 nitrogen and oxygen atoms in total. The molecule has 7 rings (SSSR count). The van der Waals surface area contributed by atoms with Gasteiger partial charge in [0.25, 0.3) is 11.8 Å². The smallest absolute Gasteiger partial charge is 0.272 e. The maximum Gasteiger partial charge on any atom is 0.272 e. The number of anilines is 2. The van der Waals surface area contributed by atoms with E-state index in [9.17, 15) is 14.4 Å². The lowest BCUT2D eigenvalue weighted by molar-refractivity contribution is -0.116. The fourth-order valence-electron chi connectivity index (χ4n) is 5.62. The minimum Gasteiger partial charge on any atom is -0.321 e. The summed E-state index contributed by atoms with van der Waals surface area (Å²) in [4.78, 5) is 46.1. The molecular formula is C45H33BrN4O3S2. The van der Waals surface area contributed by atoms with Crippen molar-refractivity contribution in [3.63, 3.8) is 0 Å². The highest BCUT2D eigenvalue weighted by atomic mass is 79.9. The molecule has 270 valence electrons. The summed E-state index contributed by atoms with van der Waals surface area (Å²) < 4.78 is 0.980. The van der Waals surface area contributed by atoms with Gasteiger partial charge in [0.2, 0.25) is 5.91 Å². The third kappa shape index (κ3) is 9.93. The number of amides is 3.